The Labute approximate surface area is 124 Å². The van der Waals surface area contributed by atoms with Crippen LogP contribution in [0.1, 0.15) is 28.4 Å². The van der Waals surface area contributed by atoms with E-state index in [0.29, 0.717) is 6.04 Å². The van der Waals surface area contributed by atoms with Gasteiger partial charge in [0.05, 0.1) is 18.6 Å². The minimum atomic E-state index is 0.426. The highest BCUT2D eigenvalue weighted by atomic mass is 32.1. The Morgan fingerprint density at radius 1 is 1.45 bits per heavy atom. The van der Waals surface area contributed by atoms with Crippen LogP contribution in [0.3, 0.4) is 0 Å². The SMILES string of the molecule is COCCNCc1cncn1C(C)Cc1ccc(C)s1. The van der Waals surface area contributed by atoms with Gasteiger partial charge in [0.2, 0.25) is 0 Å². The monoisotopic (exact) mass is 293 g/mol. The highest BCUT2D eigenvalue weighted by molar-refractivity contribution is 7.11. The molecule has 0 radical (unpaired) electrons. The molecule has 0 aliphatic heterocycles. The van der Waals surface area contributed by atoms with Crippen molar-refractivity contribution in [3.05, 3.63) is 40.1 Å². The lowest BCUT2D eigenvalue weighted by Crippen LogP contribution is -2.21. The zero-order valence-corrected chi connectivity index (χ0v) is 13.2. The number of rotatable bonds is 8. The highest BCUT2D eigenvalue weighted by Gasteiger charge is 2.11. The van der Waals surface area contributed by atoms with Crippen molar-refractivity contribution in [1.29, 1.82) is 0 Å². The van der Waals surface area contributed by atoms with E-state index in [-0.39, 0.29) is 0 Å². The molecule has 5 heteroatoms. The molecular formula is C15H23N3OS. The largest absolute Gasteiger partial charge is 0.383 e. The molecule has 0 fully saturated rings. The maximum atomic E-state index is 5.04. The van der Waals surface area contributed by atoms with Gasteiger partial charge in [-0.25, -0.2) is 4.98 Å². The van der Waals surface area contributed by atoms with E-state index in [1.165, 1.54) is 15.4 Å². The number of aromatic nitrogens is 2. The van der Waals surface area contributed by atoms with Gasteiger partial charge in [0.25, 0.3) is 0 Å². The lowest BCUT2D eigenvalue weighted by molar-refractivity contribution is 0.199. The minimum Gasteiger partial charge on any atom is -0.383 e. The zero-order valence-electron chi connectivity index (χ0n) is 12.4. The number of ether oxygens (including phenoxy) is 1. The standard InChI is InChI=1S/C15H23N3OS/c1-12(8-15-5-4-13(2)20-15)18-11-17-10-14(18)9-16-6-7-19-3/h4-5,10-12,16H,6-9H2,1-3H3. The van der Waals surface area contributed by atoms with Crippen molar-refractivity contribution in [2.24, 2.45) is 0 Å². The number of aryl methyl sites for hydroxylation is 1. The van der Waals surface area contributed by atoms with Crippen LogP contribution < -0.4 is 5.32 Å². The van der Waals surface area contributed by atoms with E-state index in [4.69, 9.17) is 4.74 Å². The normalized spacial score (nSPS) is 12.8. The van der Waals surface area contributed by atoms with Gasteiger partial charge in [-0.05, 0) is 26.0 Å². The van der Waals surface area contributed by atoms with Crippen LogP contribution in [0, 0.1) is 6.92 Å². The fourth-order valence-electron chi connectivity index (χ4n) is 2.24. The summed E-state index contributed by atoms with van der Waals surface area (Å²) in [4.78, 5) is 7.09. The van der Waals surface area contributed by atoms with Crippen molar-refractivity contribution in [1.82, 2.24) is 14.9 Å². The predicted molar refractivity (Wildman–Crippen MR) is 83.3 cm³/mol. The number of hydrogen-bond acceptors (Lipinski definition) is 4. The van der Waals surface area contributed by atoms with Crippen LogP contribution in [0.2, 0.25) is 0 Å². The molecule has 2 heterocycles. The average molecular weight is 293 g/mol. The summed E-state index contributed by atoms with van der Waals surface area (Å²) < 4.78 is 7.30. The van der Waals surface area contributed by atoms with Crippen LogP contribution in [0.15, 0.2) is 24.7 Å². The van der Waals surface area contributed by atoms with Gasteiger partial charge >= 0.3 is 0 Å². The molecule has 1 unspecified atom stereocenters. The molecule has 0 aliphatic rings. The number of thiophene rings is 1. The predicted octanol–water partition coefficient (Wildman–Crippen LogP) is 2.79. The van der Waals surface area contributed by atoms with E-state index in [1.807, 2.05) is 23.9 Å². The molecule has 0 bridgehead atoms. The Bertz CT molecular complexity index is 521. The van der Waals surface area contributed by atoms with Gasteiger partial charge < -0.3 is 14.6 Å². The van der Waals surface area contributed by atoms with E-state index in [2.05, 4.69) is 40.8 Å². The first-order valence-corrected chi connectivity index (χ1v) is 7.78. The first kappa shape index (κ1) is 15.2. The molecular weight excluding hydrogens is 270 g/mol. The molecule has 2 rings (SSSR count). The van der Waals surface area contributed by atoms with Crippen LogP contribution in [0.4, 0.5) is 0 Å². The molecule has 2 aromatic heterocycles. The fourth-order valence-corrected chi connectivity index (χ4v) is 3.25. The van der Waals surface area contributed by atoms with E-state index >= 15 is 0 Å². The third-order valence-corrected chi connectivity index (χ3v) is 4.33. The summed E-state index contributed by atoms with van der Waals surface area (Å²) in [5.41, 5.74) is 1.22. The van der Waals surface area contributed by atoms with Crippen molar-refractivity contribution < 1.29 is 4.74 Å². The number of hydrogen-bond donors (Lipinski definition) is 1. The molecule has 1 N–H and O–H groups in total. The summed E-state index contributed by atoms with van der Waals surface area (Å²) in [6, 6.07) is 4.84. The third-order valence-electron chi connectivity index (χ3n) is 3.30. The van der Waals surface area contributed by atoms with Gasteiger partial charge in [0.15, 0.2) is 0 Å². The second-order valence-corrected chi connectivity index (χ2v) is 6.40. The maximum Gasteiger partial charge on any atom is 0.0951 e. The smallest absolute Gasteiger partial charge is 0.0951 e. The summed E-state index contributed by atoms with van der Waals surface area (Å²) in [5.74, 6) is 0. The molecule has 0 saturated carbocycles. The molecule has 0 spiro atoms. The number of nitrogens with zero attached hydrogens (tertiary/aromatic N) is 2. The molecule has 4 nitrogen and oxygen atoms in total. The third kappa shape index (κ3) is 4.16. The first-order chi connectivity index (χ1) is 9.70. The van der Waals surface area contributed by atoms with Crippen molar-refractivity contribution in [2.75, 3.05) is 20.3 Å². The maximum absolute atomic E-state index is 5.04. The lowest BCUT2D eigenvalue weighted by Gasteiger charge is -2.16. The van der Waals surface area contributed by atoms with Gasteiger partial charge in [-0.1, -0.05) is 0 Å². The van der Waals surface area contributed by atoms with Crippen molar-refractivity contribution in [3.63, 3.8) is 0 Å². The topological polar surface area (TPSA) is 39.1 Å². The van der Waals surface area contributed by atoms with Crippen LogP contribution in [-0.4, -0.2) is 29.8 Å². The van der Waals surface area contributed by atoms with Crippen molar-refractivity contribution >= 4 is 11.3 Å². The van der Waals surface area contributed by atoms with Gasteiger partial charge in [0, 0.05) is 48.6 Å². The van der Waals surface area contributed by atoms with Gasteiger partial charge in [-0.2, -0.15) is 0 Å². The number of methoxy groups -OCH3 is 1. The number of imidazole rings is 1. The van der Waals surface area contributed by atoms with Crippen LogP contribution in [0.25, 0.3) is 0 Å². The molecule has 2 aromatic rings. The van der Waals surface area contributed by atoms with Crippen molar-refractivity contribution in [2.45, 2.75) is 32.9 Å². The average Bonchev–Trinajstić information content (AvgIpc) is 3.04. The Kier molecular flexibility index (Phi) is 5.76. The Morgan fingerprint density at radius 2 is 2.30 bits per heavy atom. The summed E-state index contributed by atoms with van der Waals surface area (Å²) >= 11 is 1.88. The molecule has 0 aromatic carbocycles. The summed E-state index contributed by atoms with van der Waals surface area (Å²) in [6.45, 7) is 6.83. The Morgan fingerprint density at radius 3 is 3.00 bits per heavy atom. The lowest BCUT2D eigenvalue weighted by atomic mass is 10.2. The molecule has 110 valence electrons. The fraction of sp³-hybridized carbons (Fsp3) is 0.533. The molecule has 1 atom stereocenters. The Hall–Kier alpha value is -1.17. The molecule has 0 aliphatic carbocycles. The molecule has 0 amide bonds. The van der Waals surface area contributed by atoms with Crippen LogP contribution in [-0.2, 0) is 17.7 Å². The van der Waals surface area contributed by atoms with E-state index in [0.717, 1.165) is 26.1 Å². The zero-order chi connectivity index (χ0) is 14.4. The molecule has 0 saturated heterocycles. The summed E-state index contributed by atoms with van der Waals surface area (Å²) in [7, 11) is 1.72. The van der Waals surface area contributed by atoms with E-state index in [1.54, 1.807) is 7.11 Å². The summed E-state index contributed by atoms with van der Waals surface area (Å²) in [5, 5.41) is 3.37. The van der Waals surface area contributed by atoms with Gasteiger partial charge in [-0.3, -0.25) is 0 Å². The second-order valence-electron chi connectivity index (χ2n) is 5.03. The van der Waals surface area contributed by atoms with E-state index in [9.17, 15) is 0 Å². The summed E-state index contributed by atoms with van der Waals surface area (Å²) in [6.07, 6.45) is 4.92. The van der Waals surface area contributed by atoms with Gasteiger partial charge in [-0.15, -0.1) is 11.3 Å². The highest BCUT2D eigenvalue weighted by Crippen LogP contribution is 2.22. The van der Waals surface area contributed by atoms with E-state index < -0.39 is 0 Å². The van der Waals surface area contributed by atoms with Crippen LogP contribution in [0.5, 0.6) is 0 Å². The van der Waals surface area contributed by atoms with Crippen molar-refractivity contribution in [3.8, 4) is 0 Å². The molecule has 20 heavy (non-hydrogen) atoms. The van der Waals surface area contributed by atoms with Gasteiger partial charge in [0.1, 0.15) is 0 Å². The number of nitrogens with one attached hydrogen (secondary N) is 1. The minimum absolute atomic E-state index is 0.426. The first-order valence-electron chi connectivity index (χ1n) is 6.96. The quantitative estimate of drug-likeness (QED) is 0.761. The van der Waals surface area contributed by atoms with Crippen LogP contribution >= 0.6 is 11.3 Å². The Balaban J connectivity index is 1.92. The second kappa shape index (κ2) is 7.57.